The number of nitrogens with zero attached hydrogens (tertiary/aromatic N) is 7. The Labute approximate surface area is 246 Å². The Bertz CT molecular complexity index is 1740. The molecular weight excluding hydrogens is 599 g/mol. The van der Waals surface area contributed by atoms with E-state index in [1.165, 1.54) is 36.5 Å². The quantitative estimate of drug-likeness (QED) is 0.207. The molecule has 0 aliphatic heterocycles. The molecule has 0 saturated heterocycles. The van der Waals surface area contributed by atoms with Gasteiger partial charge in [0.1, 0.15) is 5.69 Å². The number of rotatable bonds is 9. The highest BCUT2D eigenvalue weighted by atomic mass is 35.5. The van der Waals surface area contributed by atoms with E-state index in [-0.39, 0.29) is 45.8 Å². The predicted octanol–water partition coefficient (Wildman–Crippen LogP) is 4.96. The molecule has 0 radical (unpaired) electrons. The summed E-state index contributed by atoms with van der Waals surface area (Å²) < 4.78 is 67.6. The summed E-state index contributed by atoms with van der Waals surface area (Å²) in [5.74, 6) is -6.24. The van der Waals surface area contributed by atoms with Gasteiger partial charge in [-0.25, -0.2) is 14.3 Å². The number of ketones is 1. The van der Waals surface area contributed by atoms with Gasteiger partial charge in [0.2, 0.25) is 0 Å². The Hall–Kier alpha value is -4.71. The Morgan fingerprint density at radius 1 is 1.16 bits per heavy atom. The second-order valence-electron chi connectivity index (χ2n) is 9.77. The summed E-state index contributed by atoms with van der Waals surface area (Å²) in [6.07, 6.45) is -4.38. The van der Waals surface area contributed by atoms with Gasteiger partial charge in [0.05, 0.1) is 35.1 Å². The molecule has 10 nitrogen and oxygen atoms in total. The van der Waals surface area contributed by atoms with Crippen LogP contribution in [-0.4, -0.2) is 53.7 Å². The van der Waals surface area contributed by atoms with Crippen molar-refractivity contribution in [1.29, 1.82) is 5.26 Å². The lowest BCUT2D eigenvalue weighted by molar-refractivity contribution is -0.291. The summed E-state index contributed by atoms with van der Waals surface area (Å²) in [6, 6.07) is 8.98. The highest BCUT2D eigenvalue weighted by Gasteiger charge is 2.60. The number of amides is 1. The number of benzene rings is 1. The van der Waals surface area contributed by atoms with Crippen molar-refractivity contribution in [3.8, 4) is 11.9 Å². The molecule has 0 unspecified atom stereocenters. The number of Topliss-reactive ketones (excluding diaryl/α,β-unsaturated/α-hetero) is 1. The maximum absolute atomic E-state index is 13.7. The van der Waals surface area contributed by atoms with Crippen LogP contribution in [0.2, 0.25) is 5.02 Å². The van der Waals surface area contributed by atoms with E-state index in [0.29, 0.717) is 17.3 Å². The standard InChI is InChI=1S/C27H22ClF5N8O2/c1-14(2)36-25(43)19-8-16(11-34)7-15(3)18(19)10-22(42)21-9-17(38-41(21)24-20(28)5-4-6-35-24)12-40-13-23(37-39-40)26(29,30)27(31,32)33/h4-9,13-14H,10,12H2,1-3H3,(H,36,43). The van der Waals surface area contributed by atoms with Crippen LogP contribution in [-0.2, 0) is 18.9 Å². The van der Waals surface area contributed by atoms with E-state index in [1.54, 1.807) is 20.8 Å². The molecule has 1 aromatic carbocycles. The van der Waals surface area contributed by atoms with Crippen LogP contribution >= 0.6 is 11.6 Å². The first-order chi connectivity index (χ1) is 20.1. The number of carbonyl (C=O) groups excluding carboxylic acids is 2. The van der Waals surface area contributed by atoms with Crippen LogP contribution in [0.3, 0.4) is 0 Å². The Kier molecular flexibility index (Phi) is 8.63. The minimum absolute atomic E-state index is 0.0335. The molecule has 3 heterocycles. The number of carbonyl (C=O) groups is 2. The third-order valence-corrected chi connectivity index (χ3v) is 6.42. The van der Waals surface area contributed by atoms with Gasteiger partial charge >= 0.3 is 12.1 Å². The van der Waals surface area contributed by atoms with Gasteiger partial charge in [-0.2, -0.15) is 32.3 Å². The normalized spacial score (nSPS) is 11.9. The molecule has 16 heteroatoms. The maximum atomic E-state index is 13.7. The Morgan fingerprint density at radius 2 is 1.88 bits per heavy atom. The molecule has 224 valence electrons. The van der Waals surface area contributed by atoms with Gasteiger partial charge in [-0.1, -0.05) is 16.8 Å². The van der Waals surface area contributed by atoms with Gasteiger partial charge in [-0.15, -0.1) is 5.10 Å². The van der Waals surface area contributed by atoms with Crippen molar-refractivity contribution >= 4 is 23.3 Å². The van der Waals surface area contributed by atoms with Crippen molar-refractivity contribution < 1.29 is 31.5 Å². The molecule has 1 N–H and O–H groups in total. The minimum Gasteiger partial charge on any atom is -0.350 e. The number of aromatic nitrogens is 6. The van der Waals surface area contributed by atoms with Gasteiger partial charge in [0, 0.05) is 24.2 Å². The van der Waals surface area contributed by atoms with Crippen molar-refractivity contribution in [2.45, 2.75) is 51.9 Å². The number of nitriles is 1. The average molecular weight is 621 g/mol. The molecule has 3 aromatic heterocycles. The zero-order valence-electron chi connectivity index (χ0n) is 22.7. The fourth-order valence-electron chi connectivity index (χ4n) is 4.14. The van der Waals surface area contributed by atoms with E-state index < -0.39 is 36.0 Å². The van der Waals surface area contributed by atoms with E-state index in [2.05, 4.69) is 25.7 Å². The number of hydrogen-bond donors (Lipinski definition) is 1. The molecule has 0 bridgehead atoms. The second-order valence-corrected chi connectivity index (χ2v) is 10.2. The van der Waals surface area contributed by atoms with E-state index in [9.17, 15) is 36.8 Å². The maximum Gasteiger partial charge on any atom is 0.459 e. The lowest BCUT2D eigenvalue weighted by Crippen LogP contribution is -2.34. The smallest absolute Gasteiger partial charge is 0.350 e. The van der Waals surface area contributed by atoms with Crippen molar-refractivity contribution in [2.24, 2.45) is 0 Å². The largest absolute Gasteiger partial charge is 0.459 e. The van der Waals surface area contributed by atoms with Crippen molar-refractivity contribution in [2.75, 3.05) is 0 Å². The van der Waals surface area contributed by atoms with Crippen LogP contribution in [0.15, 0.2) is 42.7 Å². The van der Waals surface area contributed by atoms with E-state index in [1.807, 2.05) is 6.07 Å². The molecule has 0 aliphatic carbocycles. The minimum atomic E-state index is -5.88. The van der Waals surface area contributed by atoms with Crippen molar-refractivity contribution in [3.63, 3.8) is 0 Å². The number of pyridine rings is 1. The summed E-state index contributed by atoms with van der Waals surface area (Å²) in [6.45, 7) is 4.72. The molecule has 43 heavy (non-hydrogen) atoms. The summed E-state index contributed by atoms with van der Waals surface area (Å²) >= 11 is 6.30. The lowest BCUT2D eigenvalue weighted by Gasteiger charge is -2.16. The number of alkyl halides is 5. The number of halogens is 6. The molecule has 0 saturated carbocycles. The first kappa shape index (κ1) is 31.2. The van der Waals surface area contributed by atoms with Gasteiger partial charge in [-0.05, 0) is 62.2 Å². The van der Waals surface area contributed by atoms with Crippen LogP contribution < -0.4 is 5.32 Å². The summed E-state index contributed by atoms with van der Waals surface area (Å²) in [4.78, 5) is 30.9. The molecule has 1 amide bonds. The summed E-state index contributed by atoms with van der Waals surface area (Å²) in [7, 11) is 0. The molecule has 0 aliphatic rings. The lowest BCUT2D eigenvalue weighted by atomic mass is 9.93. The number of aryl methyl sites for hydroxylation is 1. The topological polar surface area (TPSA) is 131 Å². The molecular formula is C27H22ClF5N8O2. The average Bonchev–Trinajstić information content (AvgIpc) is 3.57. The Balaban J connectivity index is 1.75. The summed E-state index contributed by atoms with van der Waals surface area (Å²) in [5.41, 5.74) is -0.447. The molecule has 0 fully saturated rings. The zero-order chi connectivity index (χ0) is 31.7. The third-order valence-electron chi connectivity index (χ3n) is 6.13. The third kappa shape index (κ3) is 6.54. The highest BCUT2D eigenvalue weighted by Crippen LogP contribution is 2.42. The van der Waals surface area contributed by atoms with E-state index >= 15 is 0 Å². The first-order valence-electron chi connectivity index (χ1n) is 12.5. The SMILES string of the molecule is Cc1cc(C#N)cc(C(=O)NC(C)C)c1CC(=O)c1cc(Cn2cc(C(F)(F)C(F)(F)F)nn2)nn1-c1ncccc1Cl. The molecule has 4 rings (SSSR count). The van der Waals surface area contributed by atoms with Crippen molar-refractivity contribution in [1.82, 2.24) is 35.1 Å². The highest BCUT2D eigenvalue weighted by molar-refractivity contribution is 6.32. The molecule has 0 spiro atoms. The second kappa shape index (κ2) is 11.9. The van der Waals surface area contributed by atoms with E-state index in [0.717, 1.165) is 9.36 Å². The van der Waals surface area contributed by atoms with Crippen LogP contribution in [0.4, 0.5) is 22.0 Å². The number of nitrogens with one attached hydrogen (secondary N) is 1. The van der Waals surface area contributed by atoms with Gasteiger partial charge in [0.25, 0.3) is 5.91 Å². The molecule has 0 atom stereocenters. The Morgan fingerprint density at radius 3 is 2.51 bits per heavy atom. The van der Waals surface area contributed by atoms with Gasteiger partial charge in [0.15, 0.2) is 17.3 Å². The van der Waals surface area contributed by atoms with Crippen LogP contribution in [0.5, 0.6) is 0 Å². The molecule has 4 aromatic rings. The van der Waals surface area contributed by atoms with Crippen LogP contribution in [0.1, 0.15) is 62.8 Å². The fourth-order valence-corrected chi connectivity index (χ4v) is 4.34. The zero-order valence-corrected chi connectivity index (χ0v) is 23.5. The van der Waals surface area contributed by atoms with E-state index in [4.69, 9.17) is 11.6 Å². The monoisotopic (exact) mass is 620 g/mol. The van der Waals surface area contributed by atoms with Crippen molar-refractivity contribution in [3.05, 3.63) is 87.1 Å². The van der Waals surface area contributed by atoms with Crippen LogP contribution in [0, 0.1) is 18.3 Å². The van der Waals surface area contributed by atoms with Gasteiger partial charge < -0.3 is 5.32 Å². The van der Waals surface area contributed by atoms with Gasteiger partial charge in [-0.3, -0.25) is 9.59 Å². The fraction of sp³-hybridized carbons (Fsp3) is 0.296. The van der Waals surface area contributed by atoms with Crippen LogP contribution in [0.25, 0.3) is 5.82 Å². The summed E-state index contributed by atoms with van der Waals surface area (Å²) in [5, 5.41) is 22.9. The predicted molar refractivity (Wildman–Crippen MR) is 142 cm³/mol. The number of hydrogen-bond acceptors (Lipinski definition) is 7. The first-order valence-corrected chi connectivity index (χ1v) is 12.9.